The number of halogens is 3. The third-order valence-corrected chi connectivity index (χ3v) is 2.66. The minimum absolute atomic E-state index is 0.188. The molecule has 0 heterocycles. The number of ether oxygens (including phenoxy) is 1. The van der Waals surface area contributed by atoms with Gasteiger partial charge in [0, 0.05) is 11.1 Å². The Morgan fingerprint density at radius 2 is 1.86 bits per heavy atom. The van der Waals surface area contributed by atoms with Gasteiger partial charge in [0.1, 0.15) is 19.0 Å². The van der Waals surface area contributed by atoms with Crippen LogP contribution in [0, 0.1) is 29.3 Å². The van der Waals surface area contributed by atoms with E-state index in [1.165, 1.54) is 24.3 Å². The Morgan fingerprint density at radius 1 is 1.05 bits per heavy atom. The molecule has 0 amide bonds. The highest BCUT2D eigenvalue weighted by atomic mass is 19.2. The van der Waals surface area contributed by atoms with E-state index in [4.69, 9.17) is 9.84 Å². The molecule has 0 bridgehead atoms. The van der Waals surface area contributed by atoms with E-state index in [2.05, 4.69) is 11.8 Å². The quantitative estimate of drug-likeness (QED) is 0.881. The normalized spacial score (nSPS) is 9.90. The topological polar surface area (TPSA) is 29.5 Å². The van der Waals surface area contributed by atoms with E-state index in [9.17, 15) is 13.2 Å². The molecular formula is C16H11F3O2. The van der Waals surface area contributed by atoms with Gasteiger partial charge in [-0.15, -0.1) is 0 Å². The first-order valence-electron chi connectivity index (χ1n) is 6.07. The lowest BCUT2D eigenvalue weighted by Gasteiger charge is -2.08. The third kappa shape index (κ3) is 3.77. The molecule has 21 heavy (non-hydrogen) atoms. The van der Waals surface area contributed by atoms with E-state index in [0.29, 0.717) is 5.56 Å². The van der Waals surface area contributed by atoms with Crippen LogP contribution in [-0.2, 0) is 6.61 Å². The predicted molar refractivity (Wildman–Crippen MR) is 71.1 cm³/mol. The summed E-state index contributed by atoms with van der Waals surface area (Å²) < 4.78 is 45.2. The first-order valence-corrected chi connectivity index (χ1v) is 6.07. The van der Waals surface area contributed by atoms with Gasteiger partial charge < -0.3 is 9.84 Å². The van der Waals surface area contributed by atoms with Crippen molar-refractivity contribution >= 4 is 0 Å². The molecule has 0 aliphatic heterocycles. The fourth-order valence-corrected chi connectivity index (χ4v) is 1.63. The molecule has 0 aliphatic rings. The van der Waals surface area contributed by atoms with E-state index in [-0.39, 0.29) is 24.5 Å². The van der Waals surface area contributed by atoms with Crippen LogP contribution in [0.1, 0.15) is 11.1 Å². The van der Waals surface area contributed by atoms with E-state index in [1.807, 2.05) is 0 Å². The number of hydrogen-bond donors (Lipinski definition) is 1. The highest BCUT2D eigenvalue weighted by Crippen LogP contribution is 2.21. The Kier molecular flexibility index (Phi) is 4.85. The summed E-state index contributed by atoms with van der Waals surface area (Å²) in [6.45, 7) is -0.550. The van der Waals surface area contributed by atoms with E-state index in [0.717, 1.165) is 6.07 Å². The van der Waals surface area contributed by atoms with Crippen LogP contribution >= 0.6 is 0 Å². The van der Waals surface area contributed by atoms with E-state index >= 15 is 0 Å². The van der Waals surface area contributed by atoms with Crippen LogP contribution in [-0.4, -0.2) is 11.7 Å². The number of aliphatic hydroxyl groups excluding tert-OH is 1. The van der Waals surface area contributed by atoms with Gasteiger partial charge in [-0.25, -0.2) is 8.78 Å². The molecule has 0 saturated carbocycles. The van der Waals surface area contributed by atoms with E-state index in [1.54, 1.807) is 6.07 Å². The van der Waals surface area contributed by atoms with E-state index < -0.39 is 17.5 Å². The van der Waals surface area contributed by atoms with Gasteiger partial charge in [0.15, 0.2) is 11.6 Å². The summed E-state index contributed by atoms with van der Waals surface area (Å²) >= 11 is 0. The molecule has 2 aromatic carbocycles. The second-order valence-corrected chi connectivity index (χ2v) is 4.11. The van der Waals surface area contributed by atoms with Crippen LogP contribution in [0.2, 0.25) is 0 Å². The zero-order valence-electron chi connectivity index (χ0n) is 10.9. The first kappa shape index (κ1) is 14.9. The van der Waals surface area contributed by atoms with Gasteiger partial charge in [-0.05, 0) is 24.3 Å². The SMILES string of the molecule is OCC#Cc1ccc(COc2cccc(F)c2F)c(F)c1. The molecule has 5 heteroatoms. The fraction of sp³-hybridized carbons (Fsp3) is 0.125. The van der Waals surface area contributed by atoms with Crippen molar-refractivity contribution in [1.29, 1.82) is 0 Å². The van der Waals surface area contributed by atoms with Gasteiger partial charge in [0.2, 0.25) is 5.82 Å². The molecule has 2 aromatic rings. The summed E-state index contributed by atoms with van der Waals surface area (Å²) in [5.74, 6) is 1.98. The summed E-state index contributed by atoms with van der Waals surface area (Å²) in [6, 6.07) is 7.70. The lowest BCUT2D eigenvalue weighted by Crippen LogP contribution is -2.01. The van der Waals surface area contributed by atoms with Crippen molar-refractivity contribution in [3.8, 4) is 17.6 Å². The Morgan fingerprint density at radius 3 is 2.57 bits per heavy atom. The highest BCUT2D eigenvalue weighted by molar-refractivity contribution is 5.37. The summed E-state index contributed by atoms with van der Waals surface area (Å²) in [6.07, 6.45) is 0. The van der Waals surface area contributed by atoms with Gasteiger partial charge in [0.05, 0.1) is 0 Å². The van der Waals surface area contributed by atoms with Crippen LogP contribution in [0.15, 0.2) is 36.4 Å². The maximum absolute atomic E-state index is 13.8. The minimum atomic E-state index is -1.11. The number of aliphatic hydroxyl groups is 1. The summed E-state index contributed by atoms with van der Waals surface area (Å²) in [7, 11) is 0. The highest BCUT2D eigenvalue weighted by Gasteiger charge is 2.10. The molecule has 1 N–H and O–H groups in total. The van der Waals surface area contributed by atoms with Gasteiger partial charge in [-0.1, -0.05) is 24.0 Å². The lowest BCUT2D eigenvalue weighted by atomic mass is 10.1. The monoisotopic (exact) mass is 292 g/mol. The summed E-state index contributed by atoms with van der Waals surface area (Å²) in [4.78, 5) is 0. The second-order valence-electron chi connectivity index (χ2n) is 4.11. The van der Waals surface area contributed by atoms with Crippen molar-refractivity contribution < 1.29 is 23.0 Å². The average Bonchev–Trinajstić information content (AvgIpc) is 2.48. The van der Waals surface area contributed by atoms with Gasteiger partial charge in [0.25, 0.3) is 0 Å². The molecule has 2 rings (SSSR count). The zero-order chi connectivity index (χ0) is 15.2. The van der Waals surface area contributed by atoms with Crippen LogP contribution < -0.4 is 4.74 Å². The molecule has 2 nitrogen and oxygen atoms in total. The molecule has 0 aromatic heterocycles. The van der Waals surface area contributed by atoms with Crippen LogP contribution in [0.5, 0.6) is 5.75 Å². The maximum Gasteiger partial charge on any atom is 0.200 e. The third-order valence-electron chi connectivity index (χ3n) is 2.66. The number of hydrogen-bond acceptors (Lipinski definition) is 2. The van der Waals surface area contributed by atoms with Gasteiger partial charge in [-0.3, -0.25) is 0 Å². The Bertz CT molecular complexity index is 702. The van der Waals surface area contributed by atoms with Crippen molar-refractivity contribution in [2.75, 3.05) is 6.61 Å². The molecule has 0 aliphatic carbocycles. The Hall–Kier alpha value is -2.45. The van der Waals surface area contributed by atoms with Crippen molar-refractivity contribution in [1.82, 2.24) is 0 Å². The predicted octanol–water partition coefficient (Wildman–Crippen LogP) is 3.03. The Labute approximate surface area is 119 Å². The fourth-order valence-electron chi connectivity index (χ4n) is 1.63. The molecule has 0 radical (unpaired) electrons. The first-order chi connectivity index (χ1) is 10.1. The number of benzene rings is 2. The zero-order valence-corrected chi connectivity index (χ0v) is 10.9. The van der Waals surface area contributed by atoms with Crippen LogP contribution in [0.3, 0.4) is 0 Å². The van der Waals surface area contributed by atoms with Crippen molar-refractivity contribution in [3.05, 3.63) is 65.0 Å². The maximum atomic E-state index is 13.8. The van der Waals surface area contributed by atoms with Gasteiger partial charge in [-0.2, -0.15) is 4.39 Å². The Balaban J connectivity index is 2.12. The molecule has 0 fully saturated rings. The summed E-state index contributed by atoms with van der Waals surface area (Å²) in [5.41, 5.74) is 0.593. The number of rotatable bonds is 3. The van der Waals surface area contributed by atoms with Crippen molar-refractivity contribution in [2.45, 2.75) is 6.61 Å². The minimum Gasteiger partial charge on any atom is -0.486 e. The van der Waals surface area contributed by atoms with Crippen LogP contribution in [0.4, 0.5) is 13.2 Å². The average molecular weight is 292 g/mol. The largest absolute Gasteiger partial charge is 0.486 e. The standard InChI is InChI=1S/C16H11F3O2/c17-13-4-1-5-15(16(13)19)21-10-12-7-6-11(3-2-8-20)9-14(12)18/h1,4-7,9,20H,8,10H2. The summed E-state index contributed by atoms with van der Waals surface area (Å²) in [5, 5.41) is 8.56. The lowest BCUT2D eigenvalue weighted by molar-refractivity contribution is 0.279. The van der Waals surface area contributed by atoms with Crippen LogP contribution in [0.25, 0.3) is 0 Å². The molecule has 0 atom stereocenters. The molecule has 0 spiro atoms. The molecule has 0 saturated heterocycles. The molecule has 0 unspecified atom stereocenters. The van der Waals surface area contributed by atoms with Gasteiger partial charge >= 0.3 is 0 Å². The van der Waals surface area contributed by atoms with Crippen molar-refractivity contribution in [3.63, 3.8) is 0 Å². The smallest absolute Gasteiger partial charge is 0.200 e. The second kappa shape index (κ2) is 6.82. The van der Waals surface area contributed by atoms with Crippen molar-refractivity contribution in [2.24, 2.45) is 0 Å². The molecular weight excluding hydrogens is 281 g/mol. The molecule has 108 valence electrons.